The Kier molecular flexibility index (Phi) is 6.01. The Morgan fingerprint density at radius 2 is 1.56 bits per heavy atom. The summed E-state index contributed by atoms with van der Waals surface area (Å²) in [6.07, 6.45) is 6.47. The van der Waals surface area contributed by atoms with Gasteiger partial charge >= 0.3 is 5.97 Å². The Balaban J connectivity index is 1.37. The van der Waals surface area contributed by atoms with Gasteiger partial charge < -0.3 is 10.0 Å². The molecule has 0 radical (unpaired) electrons. The maximum atomic E-state index is 13.7. The molecule has 2 heterocycles. The van der Waals surface area contributed by atoms with Crippen LogP contribution in [0.5, 0.6) is 0 Å². The molecule has 1 aliphatic heterocycles. The van der Waals surface area contributed by atoms with Crippen LogP contribution in [0.1, 0.15) is 43.6 Å². The van der Waals surface area contributed by atoms with Crippen LogP contribution >= 0.6 is 0 Å². The van der Waals surface area contributed by atoms with Crippen LogP contribution < -0.4 is 9.80 Å². The van der Waals surface area contributed by atoms with E-state index >= 15 is 0 Å². The summed E-state index contributed by atoms with van der Waals surface area (Å²) in [6.45, 7) is 1.10. The van der Waals surface area contributed by atoms with Crippen LogP contribution in [-0.4, -0.2) is 40.0 Å². The molecule has 0 atom stereocenters. The number of hydrogen-bond acceptors (Lipinski definition) is 5. The van der Waals surface area contributed by atoms with Crippen LogP contribution in [-0.2, 0) is 9.59 Å². The molecule has 0 bridgehead atoms. The van der Waals surface area contributed by atoms with Crippen LogP contribution in [0.2, 0.25) is 0 Å². The number of carbonyl (C=O) groups excluding carboxylic acids is 1. The minimum atomic E-state index is -1.11. The highest BCUT2D eigenvalue weighted by Crippen LogP contribution is 2.45. The number of amides is 1. The van der Waals surface area contributed by atoms with Gasteiger partial charge in [0.25, 0.3) is 0 Å². The molecule has 174 valence electrons. The summed E-state index contributed by atoms with van der Waals surface area (Å²) in [5.41, 5.74) is 1.50. The van der Waals surface area contributed by atoms with Gasteiger partial charge in [0.1, 0.15) is 12.1 Å². The summed E-state index contributed by atoms with van der Waals surface area (Å²) in [5.74, 6) is 0.299. The monoisotopic (exact) mass is 456 g/mol. The number of piperidine rings is 1. The second kappa shape index (κ2) is 9.25. The van der Waals surface area contributed by atoms with E-state index in [-0.39, 0.29) is 12.3 Å². The number of carbonyl (C=O) groups is 2. The molecule has 2 aromatic carbocycles. The lowest BCUT2D eigenvalue weighted by molar-refractivity contribution is -0.152. The van der Waals surface area contributed by atoms with E-state index in [0.29, 0.717) is 31.8 Å². The van der Waals surface area contributed by atoms with Crippen LogP contribution in [0, 0.1) is 5.41 Å². The number of hydrogen-bond donors (Lipinski definition) is 1. The molecule has 7 heteroatoms. The molecule has 1 saturated heterocycles. The molecule has 2 aliphatic rings. The number of rotatable bonds is 7. The summed E-state index contributed by atoms with van der Waals surface area (Å²) in [6, 6.07) is 18.8. The lowest BCUT2D eigenvalue weighted by Crippen LogP contribution is -2.47. The normalized spacial score (nSPS) is 17.2. The third-order valence-electron chi connectivity index (χ3n) is 6.98. The van der Waals surface area contributed by atoms with E-state index in [1.807, 2.05) is 66.9 Å². The second-order valence-corrected chi connectivity index (χ2v) is 9.23. The molecule has 1 aliphatic carbocycles. The third-order valence-corrected chi connectivity index (χ3v) is 6.98. The summed E-state index contributed by atoms with van der Waals surface area (Å²) >= 11 is 0. The average molecular weight is 457 g/mol. The fourth-order valence-corrected chi connectivity index (χ4v) is 4.85. The van der Waals surface area contributed by atoms with E-state index in [1.165, 1.54) is 0 Å². The number of aliphatic carboxylic acids is 1. The number of nitrogens with zero attached hydrogens (tertiary/aromatic N) is 4. The zero-order chi connectivity index (χ0) is 23.5. The number of anilines is 3. The predicted octanol–water partition coefficient (Wildman–Crippen LogP) is 4.78. The van der Waals surface area contributed by atoms with Crippen molar-refractivity contribution in [2.75, 3.05) is 22.9 Å². The summed E-state index contributed by atoms with van der Waals surface area (Å²) in [7, 11) is 0. The zero-order valence-electron chi connectivity index (χ0n) is 19.0. The van der Waals surface area contributed by atoms with Gasteiger partial charge in [-0.25, -0.2) is 9.97 Å². The number of carboxylic acid groups (broad SMARTS) is 1. The molecule has 34 heavy (non-hydrogen) atoms. The molecule has 1 amide bonds. The van der Waals surface area contributed by atoms with Crippen molar-refractivity contribution in [3.8, 4) is 0 Å². The first kappa shape index (κ1) is 22.1. The zero-order valence-corrected chi connectivity index (χ0v) is 19.0. The minimum Gasteiger partial charge on any atom is -0.481 e. The van der Waals surface area contributed by atoms with Gasteiger partial charge in [0.15, 0.2) is 0 Å². The highest BCUT2D eigenvalue weighted by molar-refractivity contribution is 6.02. The molecule has 2 fully saturated rings. The average Bonchev–Trinajstić information content (AvgIpc) is 3.71. The van der Waals surface area contributed by atoms with Crippen molar-refractivity contribution in [3.63, 3.8) is 0 Å². The largest absolute Gasteiger partial charge is 0.481 e. The minimum absolute atomic E-state index is 0.0563. The molecular formula is C27H28N4O3. The lowest BCUT2D eigenvalue weighted by Gasteiger charge is -2.40. The van der Waals surface area contributed by atoms with Gasteiger partial charge in [0, 0.05) is 42.6 Å². The molecule has 1 N–H and O–H groups in total. The molecule has 1 saturated carbocycles. The lowest BCUT2D eigenvalue weighted by atomic mass is 9.75. The highest BCUT2D eigenvalue weighted by atomic mass is 16.4. The third kappa shape index (κ3) is 4.38. The van der Waals surface area contributed by atoms with Gasteiger partial charge in [-0.1, -0.05) is 36.4 Å². The Labute approximate surface area is 199 Å². The van der Waals surface area contributed by atoms with Gasteiger partial charge in [-0.2, -0.15) is 0 Å². The van der Waals surface area contributed by atoms with E-state index in [4.69, 9.17) is 0 Å². The maximum absolute atomic E-state index is 13.7. The van der Waals surface area contributed by atoms with Gasteiger partial charge in [-0.15, -0.1) is 0 Å². The molecule has 0 spiro atoms. The topological polar surface area (TPSA) is 86.6 Å². The van der Waals surface area contributed by atoms with E-state index in [1.54, 1.807) is 11.2 Å². The Hall–Kier alpha value is -3.74. The van der Waals surface area contributed by atoms with Gasteiger partial charge in [-0.05, 0) is 55.9 Å². The van der Waals surface area contributed by atoms with E-state index in [2.05, 4.69) is 14.9 Å². The highest BCUT2D eigenvalue weighted by Gasteiger charge is 2.45. The van der Waals surface area contributed by atoms with Crippen molar-refractivity contribution in [3.05, 3.63) is 78.8 Å². The summed E-state index contributed by atoms with van der Waals surface area (Å²) in [5, 5.41) is 10.3. The number of para-hydroxylation sites is 2. The number of carboxylic acids is 1. The fourth-order valence-electron chi connectivity index (χ4n) is 4.85. The van der Waals surface area contributed by atoms with Gasteiger partial charge in [-0.3, -0.25) is 14.5 Å². The molecule has 1 aromatic heterocycles. The van der Waals surface area contributed by atoms with Crippen molar-refractivity contribution in [1.29, 1.82) is 0 Å². The number of benzene rings is 2. The van der Waals surface area contributed by atoms with Crippen molar-refractivity contribution in [2.45, 2.75) is 38.0 Å². The van der Waals surface area contributed by atoms with Crippen LogP contribution in [0.3, 0.4) is 0 Å². The van der Waals surface area contributed by atoms with Gasteiger partial charge in [0.05, 0.1) is 5.41 Å². The first-order valence-corrected chi connectivity index (χ1v) is 11.8. The van der Waals surface area contributed by atoms with E-state index in [0.717, 1.165) is 35.6 Å². The van der Waals surface area contributed by atoms with Crippen LogP contribution in [0.4, 0.5) is 17.2 Å². The molecule has 7 nitrogen and oxygen atoms in total. The Morgan fingerprint density at radius 3 is 2.09 bits per heavy atom. The number of aromatic nitrogens is 2. The SMILES string of the molecule is O=C(CC1(C(=O)O)CCN(c2ncncc2C2CC2)CC1)N(c1ccccc1)c1ccccc1. The second-order valence-electron chi connectivity index (χ2n) is 9.23. The Morgan fingerprint density at radius 1 is 0.971 bits per heavy atom. The van der Waals surface area contributed by atoms with Crippen molar-refractivity contribution in [1.82, 2.24) is 9.97 Å². The van der Waals surface area contributed by atoms with Crippen LogP contribution in [0.15, 0.2) is 73.2 Å². The predicted molar refractivity (Wildman–Crippen MR) is 130 cm³/mol. The summed E-state index contributed by atoms with van der Waals surface area (Å²) in [4.78, 5) is 38.7. The van der Waals surface area contributed by atoms with E-state index in [9.17, 15) is 14.7 Å². The van der Waals surface area contributed by atoms with E-state index < -0.39 is 11.4 Å². The standard InChI is InChI=1S/C27H28N4O3/c32-24(31(21-7-3-1-4-8-21)22-9-5-2-6-10-22)17-27(26(33)34)13-15-30(16-14-27)25-23(20-11-12-20)18-28-19-29-25/h1-10,18-20H,11-17H2,(H,33,34). The van der Waals surface area contributed by atoms with Crippen molar-refractivity contribution >= 4 is 29.1 Å². The fraction of sp³-hybridized carbons (Fsp3) is 0.333. The maximum Gasteiger partial charge on any atom is 0.310 e. The molecule has 5 rings (SSSR count). The van der Waals surface area contributed by atoms with Gasteiger partial charge in [0.2, 0.25) is 5.91 Å². The summed E-state index contributed by atoms with van der Waals surface area (Å²) < 4.78 is 0. The van der Waals surface area contributed by atoms with Crippen molar-refractivity contribution in [2.24, 2.45) is 5.41 Å². The van der Waals surface area contributed by atoms with Crippen molar-refractivity contribution < 1.29 is 14.7 Å². The molecule has 3 aromatic rings. The first-order chi connectivity index (χ1) is 16.6. The quantitative estimate of drug-likeness (QED) is 0.551. The molecule has 0 unspecified atom stereocenters. The first-order valence-electron chi connectivity index (χ1n) is 11.8. The Bertz CT molecular complexity index is 1120. The smallest absolute Gasteiger partial charge is 0.310 e. The van der Waals surface area contributed by atoms with Crippen LogP contribution in [0.25, 0.3) is 0 Å². The molecular weight excluding hydrogens is 428 g/mol.